The molecule has 4 unspecified atom stereocenters. The van der Waals surface area contributed by atoms with Gasteiger partial charge >= 0.3 is 5.97 Å². The Morgan fingerprint density at radius 3 is 2.43 bits per heavy atom. The van der Waals surface area contributed by atoms with Crippen LogP contribution in [0.4, 0.5) is 0 Å². The van der Waals surface area contributed by atoms with Gasteiger partial charge in [-0.2, -0.15) is 0 Å². The average Bonchev–Trinajstić information content (AvgIpc) is 2.42. The van der Waals surface area contributed by atoms with Gasteiger partial charge in [0.2, 0.25) is 0 Å². The maximum atomic E-state index is 11.4. The summed E-state index contributed by atoms with van der Waals surface area (Å²) < 4.78 is 17.7. The minimum absolute atomic E-state index is 0.109. The Labute approximate surface area is 127 Å². The van der Waals surface area contributed by atoms with E-state index >= 15 is 0 Å². The van der Waals surface area contributed by atoms with Crippen LogP contribution < -0.4 is 0 Å². The lowest BCUT2D eigenvalue weighted by Crippen LogP contribution is -2.56. The molecule has 0 bridgehead atoms. The van der Waals surface area contributed by atoms with Gasteiger partial charge in [-0.15, -0.1) is 0 Å². The normalized spacial score (nSPS) is 34.9. The predicted molar refractivity (Wildman–Crippen MR) is 79.9 cm³/mol. The molecule has 1 saturated heterocycles. The fourth-order valence-electron chi connectivity index (χ4n) is 3.35. The number of carbonyl (C=O) groups excluding carboxylic acids is 1. The number of nitrogens with zero attached hydrogens (tertiary/aromatic N) is 1. The molecule has 5 heteroatoms. The molecule has 2 aliphatic rings. The molecule has 2 rings (SSSR count). The molecule has 0 amide bonds. The zero-order chi connectivity index (χ0) is 15.4. The molecular formula is C16H29NO4. The van der Waals surface area contributed by atoms with Crippen molar-refractivity contribution in [2.24, 2.45) is 0 Å². The SMILES string of the molecule is CC(=O)OC1C(OC2CCCCC2)OC(C)CC1N(C)C. The Hall–Kier alpha value is -0.650. The second-order valence-electron chi connectivity index (χ2n) is 6.55. The van der Waals surface area contributed by atoms with Crippen LogP contribution in [0.5, 0.6) is 0 Å². The number of hydrogen-bond acceptors (Lipinski definition) is 5. The summed E-state index contributed by atoms with van der Waals surface area (Å²) >= 11 is 0. The van der Waals surface area contributed by atoms with E-state index in [-0.39, 0.29) is 30.3 Å². The summed E-state index contributed by atoms with van der Waals surface area (Å²) in [5.41, 5.74) is 0. The zero-order valence-corrected chi connectivity index (χ0v) is 13.7. The smallest absolute Gasteiger partial charge is 0.303 e. The molecule has 1 aliphatic heterocycles. The lowest BCUT2D eigenvalue weighted by molar-refractivity contribution is -0.275. The monoisotopic (exact) mass is 299 g/mol. The Morgan fingerprint density at radius 2 is 1.86 bits per heavy atom. The van der Waals surface area contributed by atoms with E-state index in [1.807, 2.05) is 14.1 Å². The second-order valence-corrected chi connectivity index (χ2v) is 6.55. The molecule has 0 radical (unpaired) electrons. The summed E-state index contributed by atoms with van der Waals surface area (Å²) in [6.45, 7) is 3.50. The van der Waals surface area contributed by atoms with Crippen LogP contribution in [0.3, 0.4) is 0 Å². The van der Waals surface area contributed by atoms with Crippen LogP contribution >= 0.6 is 0 Å². The number of likely N-dealkylation sites (N-methyl/N-ethyl adjacent to an activating group) is 1. The van der Waals surface area contributed by atoms with E-state index in [4.69, 9.17) is 14.2 Å². The van der Waals surface area contributed by atoms with Crippen LogP contribution in [0.25, 0.3) is 0 Å². The van der Waals surface area contributed by atoms with E-state index in [0.717, 1.165) is 19.3 Å². The lowest BCUT2D eigenvalue weighted by Gasteiger charge is -2.43. The molecular weight excluding hydrogens is 270 g/mol. The molecule has 5 nitrogen and oxygen atoms in total. The van der Waals surface area contributed by atoms with Gasteiger partial charge in [-0.25, -0.2) is 0 Å². The Balaban J connectivity index is 2.06. The first-order valence-electron chi connectivity index (χ1n) is 8.12. The third-order valence-electron chi connectivity index (χ3n) is 4.43. The fourth-order valence-corrected chi connectivity index (χ4v) is 3.35. The van der Waals surface area contributed by atoms with Gasteiger partial charge in [0, 0.05) is 6.92 Å². The van der Waals surface area contributed by atoms with Gasteiger partial charge in [0.1, 0.15) is 0 Å². The fraction of sp³-hybridized carbons (Fsp3) is 0.938. The van der Waals surface area contributed by atoms with Gasteiger partial charge in [-0.1, -0.05) is 19.3 Å². The summed E-state index contributed by atoms with van der Waals surface area (Å²) in [5.74, 6) is -0.276. The molecule has 0 aromatic heterocycles. The summed E-state index contributed by atoms with van der Waals surface area (Å²) in [5, 5.41) is 0. The topological polar surface area (TPSA) is 48.0 Å². The highest BCUT2D eigenvalue weighted by Gasteiger charge is 2.42. The van der Waals surface area contributed by atoms with E-state index in [1.54, 1.807) is 0 Å². The van der Waals surface area contributed by atoms with Gasteiger partial charge in [-0.05, 0) is 40.3 Å². The van der Waals surface area contributed by atoms with E-state index in [0.29, 0.717) is 0 Å². The van der Waals surface area contributed by atoms with Gasteiger partial charge in [0.05, 0.1) is 18.2 Å². The molecule has 0 spiro atoms. The maximum absolute atomic E-state index is 11.4. The lowest BCUT2D eigenvalue weighted by atomic mass is 9.96. The van der Waals surface area contributed by atoms with Gasteiger partial charge < -0.3 is 19.1 Å². The Bertz CT molecular complexity index is 341. The predicted octanol–water partition coefficient (Wildman–Crippen LogP) is 2.33. The van der Waals surface area contributed by atoms with Crippen molar-refractivity contribution in [3.63, 3.8) is 0 Å². The molecule has 0 N–H and O–H groups in total. The number of carbonyl (C=O) groups is 1. The molecule has 4 atom stereocenters. The Kier molecular flexibility index (Phi) is 6.02. The minimum atomic E-state index is -0.451. The largest absolute Gasteiger partial charge is 0.455 e. The summed E-state index contributed by atoms with van der Waals surface area (Å²) in [4.78, 5) is 13.5. The first-order chi connectivity index (χ1) is 9.97. The molecule has 122 valence electrons. The first-order valence-corrected chi connectivity index (χ1v) is 8.12. The minimum Gasteiger partial charge on any atom is -0.455 e. The third-order valence-corrected chi connectivity index (χ3v) is 4.43. The highest BCUT2D eigenvalue weighted by atomic mass is 16.7. The molecule has 0 aromatic carbocycles. The summed E-state index contributed by atoms with van der Waals surface area (Å²) in [6.07, 6.45) is 6.24. The van der Waals surface area contributed by atoms with Crippen LogP contribution in [-0.4, -0.2) is 55.6 Å². The van der Waals surface area contributed by atoms with Crippen LogP contribution in [-0.2, 0) is 19.0 Å². The van der Waals surface area contributed by atoms with E-state index in [2.05, 4.69) is 11.8 Å². The van der Waals surface area contributed by atoms with E-state index in [1.165, 1.54) is 26.2 Å². The van der Waals surface area contributed by atoms with Gasteiger partial charge in [0.15, 0.2) is 12.4 Å². The first kappa shape index (κ1) is 16.7. The standard InChI is InChI=1S/C16H29NO4/c1-11-10-14(17(3)4)15(20-12(2)18)16(19-11)21-13-8-6-5-7-9-13/h11,13-16H,5-10H2,1-4H3. The van der Waals surface area contributed by atoms with Crippen molar-refractivity contribution >= 4 is 5.97 Å². The maximum Gasteiger partial charge on any atom is 0.303 e. The van der Waals surface area contributed by atoms with E-state index in [9.17, 15) is 4.79 Å². The summed E-state index contributed by atoms with van der Waals surface area (Å²) in [7, 11) is 4.02. The van der Waals surface area contributed by atoms with Crippen molar-refractivity contribution < 1.29 is 19.0 Å². The third kappa shape index (κ3) is 4.66. The molecule has 0 aromatic rings. The highest BCUT2D eigenvalue weighted by Crippen LogP contribution is 2.30. The van der Waals surface area contributed by atoms with Crippen molar-refractivity contribution in [3.05, 3.63) is 0 Å². The molecule has 1 aliphatic carbocycles. The van der Waals surface area contributed by atoms with Crippen molar-refractivity contribution in [3.8, 4) is 0 Å². The van der Waals surface area contributed by atoms with Crippen molar-refractivity contribution in [1.29, 1.82) is 0 Å². The quantitative estimate of drug-likeness (QED) is 0.746. The molecule has 2 fully saturated rings. The number of esters is 1. The Morgan fingerprint density at radius 1 is 1.19 bits per heavy atom. The summed E-state index contributed by atoms with van der Waals surface area (Å²) in [6, 6.07) is 0.131. The average molecular weight is 299 g/mol. The molecule has 1 heterocycles. The highest BCUT2D eigenvalue weighted by molar-refractivity contribution is 5.66. The van der Waals surface area contributed by atoms with Crippen LogP contribution in [0, 0.1) is 0 Å². The number of rotatable bonds is 4. The molecule has 21 heavy (non-hydrogen) atoms. The van der Waals surface area contributed by atoms with Gasteiger partial charge in [0.25, 0.3) is 0 Å². The zero-order valence-electron chi connectivity index (χ0n) is 13.7. The van der Waals surface area contributed by atoms with Crippen molar-refractivity contribution in [2.75, 3.05) is 14.1 Å². The second kappa shape index (κ2) is 7.56. The van der Waals surface area contributed by atoms with Crippen LogP contribution in [0.2, 0.25) is 0 Å². The van der Waals surface area contributed by atoms with E-state index < -0.39 is 6.29 Å². The van der Waals surface area contributed by atoms with Gasteiger partial charge in [-0.3, -0.25) is 4.79 Å². The number of ether oxygens (including phenoxy) is 3. The van der Waals surface area contributed by atoms with Crippen molar-refractivity contribution in [1.82, 2.24) is 4.90 Å². The van der Waals surface area contributed by atoms with Crippen LogP contribution in [0.15, 0.2) is 0 Å². The molecule has 1 saturated carbocycles. The van der Waals surface area contributed by atoms with Crippen LogP contribution in [0.1, 0.15) is 52.4 Å². The van der Waals surface area contributed by atoms with Crippen molar-refractivity contribution in [2.45, 2.75) is 83.0 Å². The number of hydrogen-bond donors (Lipinski definition) is 0.